The lowest BCUT2D eigenvalue weighted by molar-refractivity contribution is -0.138. The lowest BCUT2D eigenvalue weighted by atomic mass is 9.83. The van der Waals surface area contributed by atoms with Gasteiger partial charge < -0.3 is 10.8 Å². The first kappa shape index (κ1) is 13.7. The molecule has 94 valence electrons. The van der Waals surface area contributed by atoms with Gasteiger partial charge in [0.25, 0.3) is 0 Å². The molecular weight excluding hydrogens is 214 g/mol. The molecule has 0 saturated carbocycles. The highest BCUT2D eigenvalue weighted by Gasteiger charge is 2.21. The van der Waals surface area contributed by atoms with Crippen LogP contribution >= 0.6 is 0 Å². The minimum absolute atomic E-state index is 0.252. The van der Waals surface area contributed by atoms with Crippen LogP contribution in [0, 0.1) is 12.8 Å². The van der Waals surface area contributed by atoms with E-state index in [-0.39, 0.29) is 5.92 Å². The van der Waals surface area contributed by atoms with Crippen LogP contribution in [0.4, 0.5) is 0 Å². The molecule has 17 heavy (non-hydrogen) atoms. The van der Waals surface area contributed by atoms with Gasteiger partial charge in [0.05, 0.1) is 0 Å². The lowest BCUT2D eigenvalue weighted by Crippen LogP contribution is -2.32. The number of rotatable bonds is 5. The van der Waals surface area contributed by atoms with Crippen molar-refractivity contribution in [3.63, 3.8) is 0 Å². The summed E-state index contributed by atoms with van der Waals surface area (Å²) in [5, 5.41) is 8.81. The largest absolute Gasteiger partial charge is 0.480 e. The SMILES string of the molecule is Cc1ccccc1C(C)C(C)CC(N)C(=O)O. The predicted octanol–water partition coefficient (Wildman–Crippen LogP) is 2.54. The molecule has 0 saturated heterocycles. The maximum Gasteiger partial charge on any atom is 0.320 e. The number of nitrogens with two attached hydrogens (primary N) is 1. The highest BCUT2D eigenvalue weighted by Crippen LogP contribution is 2.29. The van der Waals surface area contributed by atoms with Crippen molar-refractivity contribution >= 4 is 5.97 Å². The van der Waals surface area contributed by atoms with Crippen molar-refractivity contribution in [1.82, 2.24) is 0 Å². The molecule has 1 aromatic carbocycles. The molecule has 0 heterocycles. The first-order valence-corrected chi connectivity index (χ1v) is 5.97. The molecule has 1 aromatic rings. The quantitative estimate of drug-likeness (QED) is 0.824. The average Bonchev–Trinajstić information content (AvgIpc) is 2.28. The Morgan fingerprint density at radius 1 is 1.35 bits per heavy atom. The molecular formula is C14H21NO2. The van der Waals surface area contributed by atoms with Crippen molar-refractivity contribution in [2.75, 3.05) is 0 Å². The van der Waals surface area contributed by atoms with Crippen LogP contribution in [0.1, 0.15) is 37.3 Å². The number of hydrogen-bond donors (Lipinski definition) is 2. The van der Waals surface area contributed by atoms with Crippen LogP contribution in [-0.2, 0) is 4.79 Å². The van der Waals surface area contributed by atoms with Crippen LogP contribution in [0.2, 0.25) is 0 Å². The summed E-state index contributed by atoms with van der Waals surface area (Å²) >= 11 is 0. The molecule has 0 spiro atoms. The summed E-state index contributed by atoms with van der Waals surface area (Å²) in [6, 6.07) is 7.44. The molecule has 0 amide bonds. The van der Waals surface area contributed by atoms with Gasteiger partial charge >= 0.3 is 5.97 Å². The van der Waals surface area contributed by atoms with Gasteiger partial charge in [0.15, 0.2) is 0 Å². The molecule has 1 rings (SSSR count). The van der Waals surface area contributed by atoms with Crippen molar-refractivity contribution < 1.29 is 9.90 Å². The van der Waals surface area contributed by atoms with Crippen molar-refractivity contribution in [1.29, 1.82) is 0 Å². The first-order chi connectivity index (χ1) is 7.93. The third-order valence-corrected chi connectivity index (χ3v) is 3.48. The average molecular weight is 235 g/mol. The zero-order valence-electron chi connectivity index (χ0n) is 10.7. The Labute approximate surface area is 103 Å². The number of benzene rings is 1. The second kappa shape index (κ2) is 5.82. The number of hydrogen-bond acceptors (Lipinski definition) is 2. The van der Waals surface area contributed by atoms with Crippen molar-refractivity contribution in [2.45, 2.75) is 39.2 Å². The Bertz CT molecular complexity index is 390. The van der Waals surface area contributed by atoms with E-state index in [2.05, 4.69) is 32.9 Å². The van der Waals surface area contributed by atoms with Crippen LogP contribution in [-0.4, -0.2) is 17.1 Å². The van der Waals surface area contributed by atoms with Gasteiger partial charge in [-0.1, -0.05) is 38.1 Å². The van der Waals surface area contributed by atoms with Gasteiger partial charge in [-0.2, -0.15) is 0 Å². The molecule has 3 unspecified atom stereocenters. The molecule has 0 fully saturated rings. The Balaban J connectivity index is 2.73. The fraction of sp³-hybridized carbons (Fsp3) is 0.500. The van der Waals surface area contributed by atoms with E-state index in [1.54, 1.807) is 0 Å². The summed E-state index contributed by atoms with van der Waals surface area (Å²) in [6.07, 6.45) is 0.505. The Kier molecular flexibility index (Phi) is 4.70. The van der Waals surface area contributed by atoms with Crippen molar-refractivity contribution in [2.24, 2.45) is 11.7 Å². The predicted molar refractivity (Wildman–Crippen MR) is 69.0 cm³/mol. The third kappa shape index (κ3) is 3.56. The maximum absolute atomic E-state index is 10.7. The Morgan fingerprint density at radius 3 is 2.47 bits per heavy atom. The highest BCUT2D eigenvalue weighted by molar-refractivity contribution is 5.73. The van der Waals surface area contributed by atoms with E-state index >= 15 is 0 Å². The topological polar surface area (TPSA) is 63.3 Å². The van der Waals surface area contributed by atoms with E-state index in [0.717, 1.165) is 0 Å². The number of aliphatic carboxylic acids is 1. The summed E-state index contributed by atoms with van der Waals surface area (Å²) in [4.78, 5) is 10.7. The Morgan fingerprint density at radius 2 is 1.94 bits per heavy atom. The molecule has 3 nitrogen and oxygen atoms in total. The van der Waals surface area contributed by atoms with Crippen LogP contribution in [0.15, 0.2) is 24.3 Å². The number of carboxylic acids is 1. The van der Waals surface area contributed by atoms with Crippen LogP contribution in [0.25, 0.3) is 0 Å². The smallest absolute Gasteiger partial charge is 0.320 e. The van der Waals surface area contributed by atoms with E-state index in [1.165, 1.54) is 11.1 Å². The number of carboxylic acid groups (broad SMARTS) is 1. The second-order valence-corrected chi connectivity index (χ2v) is 4.80. The van der Waals surface area contributed by atoms with Gasteiger partial charge in [0.1, 0.15) is 6.04 Å². The standard InChI is InChI=1S/C14H21NO2/c1-9-6-4-5-7-12(9)11(3)10(2)8-13(15)14(16)17/h4-7,10-11,13H,8,15H2,1-3H3,(H,16,17). The van der Waals surface area contributed by atoms with E-state index in [1.807, 2.05) is 12.1 Å². The van der Waals surface area contributed by atoms with Crippen molar-refractivity contribution in [3.05, 3.63) is 35.4 Å². The van der Waals surface area contributed by atoms with E-state index in [9.17, 15) is 4.79 Å². The van der Waals surface area contributed by atoms with E-state index < -0.39 is 12.0 Å². The van der Waals surface area contributed by atoms with Gasteiger partial charge in [-0.05, 0) is 36.3 Å². The zero-order valence-corrected chi connectivity index (χ0v) is 10.7. The first-order valence-electron chi connectivity index (χ1n) is 5.97. The van der Waals surface area contributed by atoms with Gasteiger partial charge in [-0.25, -0.2) is 0 Å². The molecule has 0 aliphatic rings. The molecule has 3 heteroatoms. The fourth-order valence-electron chi connectivity index (χ4n) is 2.11. The van der Waals surface area contributed by atoms with Gasteiger partial charge in [-0.15, -0.1) is 0 Å². The third-order valence-electron chi connectivity index (χ3n) is 3.48. The van der Waals surface area contributed by atoms with E-state index in [4.69, 9.17) is 10.8 Å². The monoisotopic (exact) mass is 235 g/mol. The van der Waals surface area contributed by atoms with E-state index in [0.29, 0.717) is 12.3 Å². The summed E-state index contributed by atoms with van der Waals surface area (Å²) < 4.78 is 0. The fourth-order valence-corrected chi connectivity index (χ4v) is 2.11. The molecule has 0 aromatic heterocycles. The second-order valence-electron chi connectivity index (χ2n) is 4.80. The molecule has 0 bridgehead atoms. The van der Waals surface area contributed by atoms with Gasteiger partial charge in [-0.3, -0.25) is 4.79 Å². The van der Waals surface area contributed by atoms with Gasteiger partial charge in [0.2, 0.25) is 0 Å². The lowest BCUT2D eigenvalue weighted by Gasteiger charge is -2.23. The molecule has 3 N–H and O–H groups in total. The van der Waals surface area contributed by atoms with Gasteiger partial charge in [0, 0.05) is 0 Å². The molecule has 3 atom stereocenters. The summed E-state index contributed by atoms with van der Waals surface area (Å²) in [6.45, 7) is 6.26. The molecule has 0 aliphatic heterocycles. The normalized spacial score (nSPS) is 16.2. The number of aryl methyl sites for hydroxylation is 1. The van der Waals surface area contributed by atoms with Crippen LogP contribution in [0.5, 0.6) is 0 Å². The highest BCUT2D eigenvalue weighted by atomic mass is 16.4. The van der Waals surface area contributed by atoms with Crippen LogP contribution < -0.4 is 5.73 Å². The summed E-state index contributed by atoms with van der Waals surface area (Å²) in [5.41, 5.74) is 8.09. The molecule has 0 radical (unpaired) electrons. The molecule has 0 aliphatic carbocycles. The number of carbonyl (C=O) groups is 1. The Hall–Kier alpha value is -1.35. The van der Waals surface area contributed by atoms with Crippen molar-refractivity contribution in [3.8, 4) is 0 Å². The summed E-state index contributed by atoms with van der Waals surface area (Å²) in [7, 11) is 0. The zero-order chi connectivity index (χ0) is 13.0. The maximum atomic E-state index is 10.7. The van der Waals surface area contributed by atoms with Crippen LogP contribution in [0.3, 0.4) is 0 Å². The summed E-state index contributed by atoms with van der Waals surface area (Å²) in [5.74, 6) is -0.349. The minimum atomic E-state index is -0.922. The minimum Gasteiger partial charge on any atom is -0.480 e.